The first-order valence-corrected chi connectivity index (χ1v) is 8.79. The van der Waals surface area contributed by atoms with Crippen LogP contribution in [-0.2, 0) is 4.74 Å². The van der Waals surface area contributed by atoms with Crippen LogP contribution in [0.1, 0.15) is 42.4 Å². The van der Waals surface area contributed by atoms with Crippen LogP contribution in [0.25, 0.3) is 0 Å². The molecule has 0 N–H and O–H groups in total. The third-order valence-electron chi connectivity index (χ3n) is 3.73. The molecule has 0 spiro atoms. The van der Waals surface area contributed by atoms with Crippen LogP contribution in [0.3, 0.4) is 0 Å². The third-order valence-corrected chi connectivity index (χ3v) is 4.31. The minimum Gasteiger partial charge on any atom is -0.444 e. The van der Waals surface area contributed by atoms with E-state index in [1.807, 2.05) is 40.7 Å². The lowest BCUT2D eigenvalue weighted by Gasteiger charge is -2.35. The molecule has 1 aromatic rings. The van der Waals surface area contributed by atoms with Crippen LogP contribution in [0.15, 0.2) is 10.7 Å². The Labute approximate surface area is 151 Å². The highest BCUT2D eigenvalue weighted by molar-refractivity contribution is 9.10. The summed E-state index contributed by atoms with van der Waals surface area (Å²) < 4.78 is 5.94. The fraction of sp³-hybridized carbons (Fsp3) is 0.588. The molecule has 1 fully saturated rings. The molecule has 1 saturated heterocycles. The van der Waals surface area contributed by atoms with E-state index in [4.69, 9.17) is 4.74 Å². The number of rotatable bonds is 1. The lowest BCUT2D eigenvalue weighted by Crippen LogP contribution is -2.51. The largest absolute Gasteiger partial charge is 0.444 e. The zero-order valence-corrected chi connectivity index (χ0v) is 16.4. The van der Waals surface area contributed by atoms with Crippen molar-refractivity contribution in [2.24, 2.45) is 0 Å². The number of hydrogen-bond donors (Lipinski definition) is 0. The normalized spacial score (nSPS) is 15.4. The molecule has 0 saturated carbocycles. The van der Waals surface area contributed by atoms with Crippen LogP contribution in [0.4, 0.5) is 4.79 Å². The first-order valence-electron chi connectivity index (χ1n) is 7.99. The second kappa shape index (κ2) is 7.09. The molecule has 0 radical (unpaired) electrons. The Hall–Kier alpha value is -1.63. The molecule has 2 amide bonds. The highest BCUT2D eigenvalue weighted by Gasteiger charge is 2.29. The van der Waals surface area contributed by atoms with Crippen LogP contribution in [-0.4, -0.2) is 58.6 Å². The van der Waals surface area contributed by atoms with Gasteiger partial charge in [-0.15, -0.1) is 0 Å². The molecule has 7 heteroatoms. The van der Waals surface area contributed by atoms with E-state index in [1.165, 1.54) is 0 Å². The van der Waals surface area contributed by atoms with Gasteiger partial charge in [0.15, 0.2) is 0 Å². The number of ether oxygens (including phenoxy) is 1. The van der Waals surface area contributed by atoms with Crippen molar-refractivity contribution in [1.29, 1.82) is 0 Å². The predicted molar refractivity (Wildman–Crippen MR) is 95.1 cm³/mol. The molecular weight excluding hydrogens is 374 g/mol. The summed E-state index contributed by atoms with van der Waals surface area (Å²) in [4.78, 5) is 32.6. The number of carbonyl (C=O) groups excluding carboxylic acids is 2. The molecule has 0 unspecified atom stereocenters. The van der Waals surface area contributed by atoms with Crippen LogP contribution in [0, 0.1) is 13.8 Å². The van der Waals surface area contributed by atoms with Crippen molar-refractivity contribution >= 4 is 27.9 Å². The number of nitrogens with zero attached hydrogens (tertiary/aromatic N) is 3. The second-order valence-electron chi connectivity index (χ2n) is 7.01. The SMILES string of the molecule is Cc1cc(C)c(C(=O)N2CCN(C(=O)OC(C)(C)C)CC2)c(Br)n1. The number of halogens is 1. The molecule has 0 aromatic carbocycles. The van der Waals surface area contributed by atoms with Gasteiger partial charge in [-0.1, -0.05) is 0 Å². The monoisotopic (exact) mass is 397 g/mol. The van der Waals surface area contributed by atoms with Gasteiger partial charge in [0.2, 0.25) is 0 Å². The molecule has 0 aliphatic carbocycles. The number of amides is 2. The molecular formula is C17H24BrN3O3. The van der Waals surface area contributed by atoms with Crippen LogP contribution < -0.4 is 0 Å². The zero-order chi connectivity index (χ0) is 18.1. The quantitative estimate of drug-likeness (QED) is 0.682. The van der Waals surface area contributed by atoms with Gasteiger partial charge in [-0.2, -0.15) is 0 Å². The Bertz CT molecular complexity index is 624. The summed E-state index contributed by atoms with van der Waals surface area (Å²) in [5.74, 6) is -0.0595. The van der Waals surface area contributed by atoms with Crippen molar-refractivity contribution in [3.05, 3.63) is 27.5 Å². The van der Waals surface area contributed by atoms with Gasteiger partial charge in [-0.05, 0) is 62.2 Å². The van der Waals surface area contributed by atoms with Crippen molar-refractivity contribution < 1.29 is 14.3 Å². The Morgan fingerprint density at radius 2 is 1.67 bits per heavy atom. The van der Waals surface area contributed by atoms with Crippen molar-refractivity contribution in [1.82, 2.24) is 14.8 Å². The average molecular weight is 398 g/mol. The number of aromatic nitrogens is 1. The molecule has 2 heterocycles. The average Bonchev–Trinajstić information content (AvgIpc) is 2.44. The molecule has 0 atom stereocenters. The number of hydrogen-bond acceptors (Lipinski definition) is 4. The van der Waals surface area contributed by atoms with E-state index in [-0.39, 0.29) is 12.0 Å². The fourth-order valence-corrected chi connectivity index (χ4v) is 3.39. The molecule has 24 heavy (non-hydrogen) atoms. The van der Waals surface area contributed by atoms with Crippen LogP contribution in [0.5, 0.6) is 0 Å². The van der Waals surface area contributed by atoms with Gasteiger partial charge in [0.1, 0.15) is 10.2 Å². The Morgan fingerprint density at radius 3 is 2.17 bits per heavy atom. The summed E-state index contributed by atoms with van der Waals surface area (Å²) >= 11 is 3.39. The summed E-state index contributed by atoms with van der Waals surface area (Å²) in [6.45, 7) is 11.2. The van der Waals surface area contributed by atoms with E-state index in [9.17, 15) is 9.59 Å². The molecule has 1 aromatic heterocycles. The second-order valence-corrected chi connectivity index (χ2v) is 7.76. The highest BCUT2D eigenvalue weighted by atomic mass is 79.9. The van der Waals surface area contributed by atoms with E-state index in [0.29, 0.717) is 36.3 Å². The molecule has 1 aliphatic heterocycles. The smallest absolute Gasteiger partial charge is 0.410 e. The molecule has 132 valence electrons. The van der Waals surface area contributed by atoms with Gasteiger partial charge in [0.05, 0.1) is 5.56 Å². The van der Waals surface area contributed by atoms with Gasteiger partial charge in [0, 0.05) is 31.9 Å². The summed E-state index contributed by atoms with van der Waals surface area (Å²) in [6, 6.07) is 1.90. The van der Waals surface area contributed by atoms with Crippen LogP contribution >= 0.6 is 15.9 Å². The Morgan fingerprint density at radius 1 is 1.12 bits per heavy atom. The van der Waals surface area contributed by atoms with E-state index in [2.05, 4.69) is 20.9 Å². The number of carbonyl (C=O) groups is 2. The first-order chi connectivity index (χ1) is 11.1. The van der Waals surface area contributed by atoms with E-state index < -0.39 is 5.60 Å². The minimum atomic E-state index is -0.514. The van der Waals surface area contributed by atoms with Gasteiger partial charge in [-0.3, -0.25) is 4.79 Å². The van der Waals surface area contributed by atoms with Crippen LogP contribution in [0.2, 0.25) is 0 Å². The van der Waals surface area contributed by atoms with Gasteiger partial charge < -0.3 is 14.5 Å². The number of piperazine rings is 1. The predicted octanol–water partition coefficient (Wildman–Crippen LogP) is 3.15. The lowest BCUT2D eigenvalue weighted by atomic mass is 10.1. The standard InChI is InChI=1S/C17H24BrN3O3/c1-11-10-12(2)19-14(18)13(11)15(22)20-6-8-21(9-7-20)16(23)24-17(3,4)5/h10H,6-9H2,1-5H3. The van der Waals surface area contributed by atoms with Crippen molar-refractivity contribution in [2.45, 2.75) is 40.2 Å². The Kier molecular flexibility index (Phi) is 5.52. The fourth-order valence-electron chi connectivity index (χ4n) is 2.62. The molecule has 1 aliphatic rings. The maximum Gasteiger partial charge on any atom is 0.410 e. The third kappa shape index (κ3) is 4.47. The summed E-state index contributed by atoms with van der Waals surface area (Å²) in [5, 5.41) is 0. The number of aryl methyl sites for hydroxylation is 2. The Balaban J connectivity index is 2.02. The lowest BCUT2D eigenvalue weighted by molar-refractivity contribution is 0.0140. The summed E-state index contributed by atoms with van der Waals surface area (Å²) in [6.07, 6.45) is -0.330. The van der Waals surface area contributed by atoms with Gasteiger partial charge >= 0.3 is 6.09 Å². The highest BCUT2D eigenvalue weighted by Crippen LogP contribution is 2.22. The van der Waals surface area contributed by atoms with E-state index in [0.717, 1.165) is 11.3 Å². The molecule has 6 nitrogen and oxygen atoms in total. The topological polar surface area (TPSA) is 62.7 Å². The first kappa shape index (κ1) is 18.7. The minimum absolute atomic E-state index is 0.0595. The van der Waals surface area contributed by atoms with Crippen molar-refractivity contribution in [3.8, 4) is 0 Å². The van der Waals surface area contributed by atoms with Gasteiger partial charge in [0.25, 0.3) is 5.91 Å². The summed E-state index contributed by atoms with van der Waals surface area (Å²) in [5.41, 5.74) is 1.84. The van der Waals surface area contributed by atoms with Crippen molar-refractivity contribution in [3.63, 3.8) is 0 Å². The van der Waals surface area contributed by atoms with E-state index >= 15 is 0 Å². The van der Waals surface area contributed by atoms with Gasteiger partial charge in [-0.25, -0.2) is 9.78 Å². The maximum atomic E-state index is 12.8. The summed E-state index contributed by atoms with van der Waals surface area (Å²) in [7, 11) is 0. The maximum absolute atomic E-state index is 12.8. The molecule has 2 rings (SSSR count). The van der Waals surface area contributed by atoms with E-state index in [1.54, 1.807) is 9.80 Å². The zero-order valence-electron chi connectivity index (χ0n) is 14.9. The van der Waals surface area contributed by atoms with Crippen molar-refractivity contribution in [2.75, 3.05) is 26.2 Å². The molecule has 0 bridgehead atoms. The number of pyridine rings is 1.